The van der Waals surface area contributed by atoms with E-state index in [1.807, 2.05) is 30.0 Å². The molecule has 82 valence electrons. The van der Waals surface area contributed by atoms with Gasteiger partial charge in [0.05, 0.1) is 0 Å². The van der Waals surface area contributed by atoms with E-state index in [-0.39, 0.29) is 6.04 Å². The molecule has 0 spiro atoms. The van der Waals surface area contributed by atoms with Crippen LogP contribution in [-0.4, -0.2) is 11.5 Å². The second-order valence-electron chi connectivity index (χ2n) is 3.84. The van der Waals surface area contributed by atoms with Crippen molar-refractivity contribution in [3.8, 4) is 0 Å². The van der Waals surface area contributed by atoms with Gasteiger partial charge in [0.2, 0.25) is 0 Å². The molecule has 0 heterocycles. The Labute approximate surface area is 96.8 Å². The number of rotatable bonds is 5. The van der Waals surface area contributed by atoms with Crippen LogP contribution in [0, 0.1) is 0 Å². The molecule has 1 atom stereocenters. The Balaban J connectivity index is 2.31. The minimum Gasteiger partial charge on any atom is -0.323 e. The third kappa shape index (κ3) is 5.05. The second-order valence-corrected chi connectivity index (χ2v) is 4.91. The van der Waals surface area contributed by atoms with Crippen molar-refractivity contribution in [3.05, 3.63) is 47.5 Å². The summed E-state index contributed by atoms with van der Waals surface area (Å²) in [5, 5.41) is 0. The monoisotopic (exact) mass is 221 g/mol. The first-order valence-corrected chi connectivity index (χ1v) is 6.37. The molecule has 0 aromatic heterocycles. The van der Waals surface area contributed by atoms with Gasteiger partial charge in [-0.15, -0.1) is 0 Å². The summed E-state index contributed by atoms with van der Waals surface area (Å²) in [6.45, 7) is 4.25. The standard InChI is InChI=1S/C13H19NS/c1-11(2)8-9-15-10-13(14)12-6-4-3-5-7-12/h3-8,13H,9-10,14H2,1-2H3/t13-/m0/s1. The van der Waals surface area contributed by atoms with Crippen molar-refractivity contribution >= 4 is 11.8 Å². The SMILES string of the molecule is CC(C)=CCSC[C@H](N)c1ccccc1. The van der Waals surface area contributed by atoms with E-state index in [0.717, 1.165) is 11.5 Å². The van der Waals surface area contributed by atoms with E-state index >= 15 is 0 Å². The van der Waals surface area contributed by atoms with Crippen molar-refractivity contribution in [2.75, 3.05) is 11.5 Å². The molecule has 0 saturated carbocycles. The maximum atomic E-state index is 6.07. The van der Waals surface area contributed by atoms with Gasteiger partial charge >= 0.3 is 0 Å². The van der Waals surface area contributed by atoms with Gasteiger partial charge in [0.25, 0.3) is 0 Å². The minimum atomic E-state index is 0.154. The molecule has 0 aliphatic rings. The van der Waals surface area contributed by atoms with Crippen LogP contribution in [0.4, 0.5) is 0 Å². The van der Waals surface area contributed by atoms with Crippen molar-refractivity contribution in [2.24, 2.45) is 5.73 Å². The zero-order valence-corrected chi connectivity index (χ0v) is 10.3. The summed E-state index contributed by atoms with van der Waals surface area (Å²) >= 11 is 1.88. The first-order valence-electron chi connectivity index (χ1n) is 5.22. The Morgan fingerprint density at radius 2 is 2.00 bits per heavy atom. The number of allylic oxidation sites excluding steroid dienone is 1. The van der Waals surface area contributed by atoms with E-state index in [9.17, 15) is 0 Å². The van der Waals surface area contributed by atoms with E-state index in [1.54, 1.807) is 0 Å². The van der Waals surface area contributed by atoms with Crippen LogP contribution in [0.5, 0.6) is 0 Å². The fraction of sp³-hybridized carbons (Fsp3) is 0.385. The summed E-state index contributed by atoms with van der Waals surface area (Å²) in [7, 11) is 0. The zero-order chi connectivity index (χ0) is 11.1. The molecule has 0 amide bonds. The third-order valence-corrected chi connectivity index (χ3v) is 3.13. The quantitative estimate of drug-likeness (QED) is 0.609. The first kappa shape index (κ1) is 12.3. The average Bonchev–Trinajstić information content (AvgIpc) is 2.25. The lowest BCUT2D eigenvalue weighted by Crippen LogP contribution is -2.12. The molecular formula is C13H19NS. The molecular weight excluding hydrogens is 202 g/mol. The zero-order valence-electron chi connectivity index (χ0n) is 9.44. The van der Waals surface area contributed by atoms with Crippen LogP contribution >= 0.6 is 11.8 Å². The maximum absolute atomic E-state index is 6.07. The fourth-order valence-corrected chi connectivity index (χ4v) is 2.25. The smallest absolute Gasteiger partial charge is 0.0386 e. The van der Waals surface area contributed by atoms with Crippen molar-refractivity contribution in [2.45, 2.75) is 19.9 Å². The summed E-state index contributed by atoms with van der Waals surface area (Å²) in [5.74, 6) is 2.04. The van der Waals surface area contributed by atoms with E-state index in [1.165, 1.54) is 11.1 Å². The Hall–Kier alpha value is -0.730. The number of hydrogen-bond donors (Lipinski definition) is 1. The van der Waals surface area contributed by atoms with Crippen LogP contribution < -0.4 is 5.73 Å². The summed E-state index contributed by atoms with van der Waals surface area (Å²) < 4.78 is 0. The molecule has 0 bridgehead atoms. The molecule has 0 aliphatic heterocycles. The molecule has 1 aromatic rings. The highest BCUT2D eigenvalue weighted by atomic mass is 32.2. The van der Waals surface area contributed by atoms with Crippen LogP contribution in [-0.2, 0) is 0 Å². The van der Waals surface area contributed by atoms with Crippen LogP contribution in [0.1, 0.15) is 25.5 Å². The second kappa shape index (κ2) is 6.70. The normalized spacial score (nSPS) is 12.2. The molecule has 0 unspecified atom stereocenters. The van der Waals surface area contributed by atoms with E-state index in [0.29, 0.717) is 0 Å². The molecule has 1 nitrogen and oxygen atoms in total. The molecule has 0 fully saturated rings. The van der Waals surface area contributed by atoms with E-state index < -0.39 is 0 Å². The van der Waals surface area contributed by atoms with Crippen LogP contribution in [0.2, 0.25) is 0 Å². The van der Waals surface area contributed by atoms with Crippen LogP contribution in [0.25, 0.3) is 0 Å². The maximum Gasteiger partial charge on any atom is 0.0386 e. The predicted molar refractivity (Wildman–Crippen MR) is 70.1 cm³/mol. The van der Waals surface area contributed by atoms with Gasteiger partial charge in [-0.3, -0.25) is 0 Å². The summed E-state index contributed by atoms with van der Waals surface area (Å²) in [5.41, 5.74) is 8.67. The Morgan fingerprint density at radius 3 is 2.60 bits per heavy atom. The molecule has 0 aliphatic carbocycles. The third-order valence-electron chi connectivity index (χ3n) is 2.13. The summed E-state index contributed by atoms with van der Waals surface area (Å²) in [6.07, 6.45) is 2.24. The molecule has 2 heteroatoms. The van der Waals surface area contributed by atoms with E-state index in [4.69, 9.17) is 5.73 Å². The highest BCUT2D eigenvalue weighted by molar-refractivity contribution is 7.99. The lowest BCUT2D eigenvalue weighted by Gasteiger charge is -2.10. The fourth-order valence-electron chi connectivity index (χ4n) is 1.22. The van der Waals surface area contributed by atoms with Crippen molar-refractivity contribution in [1.82, 2.24) is 0 Å². The molecule has 1 aromatic carbocycles. The van der Waals surface area contributed by atoms with Gasteiger partial charge in [-0.1, -0.05) is 42.0 Å². The van der Waals surface area contributed by atoms with Gasteiger partial charge in [0.1, 0.15) is 0 Å². The van der Waals surface area contributed by atoms with Crippen molar-refractivity contribution < 1.29 is 0 Å². The number of thioether (sulfide) groups is 1. The lowest BCUT2D eigenvalue weighted by molar-refractivity contribution is 0.832. The molecule has 15 heavy (non-hydrogen) atoms. The summed E-state index contributed by atoms with van der Waals surface area (Å²) in [4.78, 5) is 0. The Morgan fingerprint density at radius 1 is 1.33 bits per heavy atom. The van der Waals surface area contributed by atoms with Crippen LogP contribution in [0.15, 0.2) is 42.0 Å². The first-order chi connectivity index (χ1) is 7.20. The Bertz CT molecular complexity index is 302. The molecule has 2 N–H and O–H groups in total. The van der Waals surface area contributed by atoms with Gasteiger partial charge in [-0.25, -0.2) is 0 Å². The number of nitrogens with two attached hydrogens (primary N) is 1. The average molecular weight is 221 g/mol. The number of hydrogen-bond acceptors (Lipinski definition) is 2. The van der Waals surface area contributed by atoms with Gasteiger partial charge in [-0.05, 0) is 19.4 Å². The van der Waals surface area contributed by atoms with Crippen molar-refractivity contribution in [3.63, 3.8) is 0 Å². The molecule has 1 rings (SSSR count). The minimum absolute atomic E-state index is 0.154. The largest absolute Gasteiger partial charge is 0.323 e. The predicted octanol–water partition coefficient (Wildman–Crippen LogP) is 3.39. The highest BCUT2D eigenvalue weighted by Gasteiger charge is 2.03. The summed E-state index contributed by atoms with van der Waals surface area (Å²) in [6, 6.07) is 10.4. The highest BCUT2D eigenvalue weighted by Crippen LogP contribution is 2.15. The van der Waals surface area contributed by atoms with Gasteiger partial charge in [0, 0.05) is 17.5 Å². The van der Waals surface area contributed by atoms with Crippen molar-refractivity contribution in [1.29, 1.82) is 0 Å². The lowest BCUT2D eigenvalue weighted by atomic mass is 10.1. The van der Waals surface area contributed by atoms with Gasteiger partial charge in [-0.2, -0.15) is 11.8 Å². The molecule has 0 radical (unpaired) electrons. The van der Waals surface area contributed by atoms with E-state index in [2.05, 4.69) is 32.1 Å². The number of benzene rings is 1. The molecule has 0 saturated heterocycles. The topological polar surface area (TPSA) is 26.0 Å². The Kier molecular flexibility index (Phi) is 5.51. The van der Waals surface area contributed by atoms with Gasteiger partial charge < -0.3 is 5.73 Å². The van der Waals surface area contributed by atoms with Gasteiger partial charge in [0.15, 0.2) is 0 Å². The van der Waals surface area contributed by atoms with Crippen LogP contribution in [0.3, 0.4) is 0 Å².